The van der Waals surface area contributed by atoms with Crippen LogP contribution < -0.4 is 0 Å². The number of Topliss-reactive ketones (excluding diaryl/α,β-unsaturated/α-hetero) is 1. The van der Waals surface area contributed by atoms with Crippen molar-refractivity contribution in [3.05, 3.63) is 47.0 Å². The molecule has 1 saturated heterocycles. The Morgan fingerprint density at radius 2 is 1.93 bits per heavy atom. The van der Waals surface area contributed by atoms with E-state index in [1.807, 2.05) is 18.2 Å². The zero-order chi connectivity index (χ0) is 9.76. The van der Waals surface area contributed by atoms with E-state index < -0.39 is 5.79 Å². The molecule has 1 aliphatic heterocycles. The molecule has 0 unspecified atom stereocenters. The average molecular weight is 188 g/mol. The van der Waals surface area contributed by atoms with Gasteiger partial charge >= 0.3 is 0 Å². The number of benzene rings is 1. The summed E-state index contributed by atoms with van der Waals surface area (Å²) in [5.74, 6) is -0.723. The maximum Gasteiger partial charge on any atom is 0.279 e. The molecule has 0 N–H and O–H groups in total. The highest BCUT2D eigenvalue weighted by Crippen LogP contribution is 2.47. The van der Waals surface area contributed by atoms with Gasteiger partial charge in [0.05, 0.1) is 0 Å². The molecular formula is C11H8O3. The molecule has 1 heterocycles. The zero-order valence-electron chi connectivity index (χ0n) is 7.61. The normalized spacial score (nSPS) is 21.8. The molecule has 3 heteroatoms. The largest absolute Gasteiger partial charge is 0.289 e. The lowest BCUT2D eigenvalue weighted by Gasteiger charge is -2.15. The minimum Gasteiger partial charge on any atom is -0.289 e. The van der Waals surface area contributed by atoms with E-state index in [0.29, 0.717) is 11.1 Å². The summed E-state index contributed by atoms with van der Waals surface area (Å²) in [7, 11) is 0. The smallest absolute Gasteiger partial charge is 0.279 e. The third-order valence-corrected chi connectivity index (χ3v) is 2.57. The Hall–Kier alpha value is -1.45. The molecule has 1 spiro atoms. The van der Waals surface area contributed by atoms with Crippen LogP contribution in [0, 0.1) is 0 Å². The van der Waals surface area contributed by atoms with Gasteiger partial charge in [0, 0.05) is 11.1 Å². The summed E-state index contributed by atoms with van der Waals surface area (Å²) in [6, 6.07) is 7.35. The van der Waals surface area contributed by atoms with Gasteiger partial charge in [0.1, 0.15) is 0 Å². The van der Waals surface area contributed by atoms with E-state index in [0.717, 1.165) is 5.56 Å². The van der Waals surface area contributed by atoms with Crippen LogP contribution in [0.25, 0.3) is 0 Å². The van der Waals surface area contributed by atoms with Gasteiger partial charge in [-0.3, -0.25) is 4.79 Å². The second-order valence-corrected chi connectivity index (χ2v) is 3.54. The Bertz CT molecular complexity index is 455. The number of hydrogen-bond acceptors (Lipinski definition) is 3. The Morgan fingerprint density at radius 3 is 2.64 bits per heavy atom. The molecule has 70 valence electrons. The minimum absolute atomic E-state index is 0.0466. The highest BCUT2D eigenvalue weighted by Gasteiger charge is 2.53. The van der Waals surface area contributed by atoms with Gasteiger partial charge in [-0.1, -0.05) is 24.3 Å². The molecule has 14 heavy (non-hydrogen) atoms. The number of allylic oxidation sites excluding steroid dienone is 1. The van der Waals surface area contributed by atoms with E-state index in [2.05, 4.69) is 0 Å². The van der Waals surface area contributed by atoms with Gasteiger partial charge in [-0.15, -0.1) is 0 Å². The fourth-order valence-corrected chi connectivity index (χ4v) is 1.81. The van der Waals surface area contributed by atoms with E-state index in [4.69, 9.17) is 9.78 Å². The molecule has 3 nitrogen and oxygen atoms in total. The van der Waals surface area contributed by atoms with Gasteiger partial charge in [-0.2, -0.15) is 9.78 Å². The molecule has 0 amide bonds. The van der Waals surface area contributed by atoms with Crippen LogP contribution in [0.5, 0.6) is 0 Å². The zero-order valence-corrected chi connectivity index (χ0v) is 7.61. The molecule has 1 aromatic rings. The molecule has 0 radical (unpaired) electrons. The summed E-state index contributed by atoms with van der Waals surface area (Å²) < 4.78 is 0. The Labute approximate surface area is 80.9 Å². The van der Waals surface area contributed by atoms with Crippen LogP contribution in [-0.2, 0) is 15.6 Å². The lowest BCUT2D eigenvalue weighted by Crippen LogP contribution is -2.19. The summed E-state index contributed by atoms with van der Waals surface area (Å²) in [6.45, 7) is 1.77. The summed E-state index contributed by atoms with van der Waals surface area (Å²) in [6.07, 6.45) is 1.72. The first kappa shape index (κ1) is 7.91. The molecule has 0 aromatic heterocycles. The quantitative estimate of drug-likeness (QED) is 0.461. The van der Waals surface area contributed by atoms with Crippen LogP contribution in [0.15, 0.2) is 35.9 Å². The van der Waals surface area contributed by atoms with Crippen LogP contribution >= 0.6 is 0 Å². The van der Waals surface area contributed by atoms with Crippen molar-refractivity contribution in [2.75, 3.05) is 0 Å². The number of rotatable bonds is 0. The lowest BCUT2D eigenvalue weighted by atomic mass is 9.88. The van der Waals surface area contributed by atoms with E-state index in [1.54, 1.807) is 19.1 Å². The Kier molecular flexibility index (Phi) is 1.31. The van der Waals surface area contributed by atoms with Crippen molar-refractivity contribution < 1.29 is 14.6 Å². The SMILES string of the molecule is CC1=CC2(OO2)c2ccccc2C1=O. The highest BCUT2D eigenvalue weighted by atomic mass is 17.4. The molecule has 0 atom stereocenters. The summed E-state index contributed by atoms with van der Waals surface area (Å²) in [5, 5.41) is 0. The van der Waals surface area contributed by atoms with E-state index in [1.165, 1.54) is 0 Å². The summed E-state index contributed by atoms with van der Waals surface area (Å²) >= 11 is 0. The molecule has 0 saturated carbocycles. The second-order valence-electron chi connectivity index (χ2n) is 3.54. The average Bonchev–Trinajstić information content (AvgIpc) is 2.96. The van der Waals surface area contributed by atoms with E-state index in [9.17, 15) is 4.79 Å². The van der Waals surface area contributed by atoms with Gasteiger partial charge in [0.15, 0.2) is 5.78 Å². The fourth-order valence-electron chi connectivity index (χ4n) is 1.81. The monoisotopic (exact) mass is 188 g/mol. The number of fused-ring (bicyclic) bond motifs is 2. The van der Waals surface area contributed by atoms with Crippen LogP contribution in [0.4, 0.5) is 0 Å². The fraction of sp³-hybridized carbons (Fsp3) is 0.182. The van der Waals surface area contributed by atoms with Gasteiger partial charge in [0.2, 0.25) is 0 Å². The predicted molar refractivity (Wildman–Crippen MR) is 48.4 cm³/mol. The maximum absolute atomic E-state index is 11.8. The van der Waals surface area contributed by atoms with E-state index >= 15 is 0 Å². The summed E-state index contributed by atoms with van der Waals surface area (Å²) in [5.41, 5.74) is 2.14. The standard InChI is InChI=1S/C11H8O3/c1-7-6-11(13-14-11)9-5-3-2-4-8(9)10(7)12/h2-6H,1H3. The van der Waals surface area contributed by atoms with Crippen molar-refractivity contribution in [3.8, 4) is 0 Å². The van der Waals surface area contributed by atoms with Crippen molar-refractivity contribution >= 4 is 5.78 Å². The number of ketones is 1. The third kappa shape index (κ3) is 0.855. The van der Waals surface area contributed by atoms with Crippen molar-refractivity contribution in [3.63, 3.8) is 0 Å². The second kappa shape index (κ2) is 2.32. The van der Waals surface area contributed by atoms with E-state index in [-0.39, 0.29) is 5.78 Å². The first-order valence-corrected chi connectivity index (χ1v) is 4.43. The highest BCUT2D eigenvalue weighted by molar-refractivity contribution is 6.10. The van der Waals surface area contributed by atoms with Gasteiger partial charge in [-0.05, 0) is 18.6 Å². The minimum atomic E-state index is -0.769. The first-order valence-electron chi connectivity index (χ1n) is 4.43. The molecule has 3 rings (SSSR count). The lowest BCUT2D eigenvalue weighted by molar-refractivity contribution is 0.0850. The molecule has 1 aromatic carbocycles. The first-order chi connectivity index (χ1) is 6.73. The van der Waals surface area contributed by atoms with Crippen LogP contribution in [0.3, 0.4) is 0 Å². The van der Waals surface area contributed by atoms with Crippen molar-refractivity contribution in [2.45, 2.75) is 12.7 Å². The third-order valence-electron chi connectivity index (χ3n) is 2.57. The molecule has 2 aliphatic rings. The van der Waals surface area contributed by atoms with Crippen LogP contribution in [0.1, 0.15) is 22.8 Å². The topological polar surface area (TPSA) is 42.1 Å². The molecular weight excluding hydrogens is 180 g/mol. The molecule has 1 fully saturated rings. The van der Waals surface area contributed by atoms with Gasteiger partial charge in [0.25, 0.3) is 5.79 Å². The molecule has 0 bridgehead atoms. The Morgan fingerprint density at radius 1 is 1.21 bits per heavy atom. The van der Waals surface area contributed by atoms with Crippen molar-refractivity contribution in [2.24, 2.45) is 0 Å². The van der Waals surface area contributed by atoms with Crippen LogP contribution in [0.2, 0.25) is 0 Å². The number of hydrogen-bond donors (Lipinski definition) is 0. The predicted octanol–water partition coefficient (Wildman–Crippen LogP) is 1.94. The van der Waals surface area contributed by atoms with Crippen LogP contribution in [-0.4, -0.2) is 5.78 Å². The van der Waals surface area contributed by atoms with Gasteiger partial charge in [-0.25, -0.2) is 0 Å². The number of carbonyl (C=O) groups excluding carboxylic acids is 1. The van der Waals surface area contributed by atoms with Crippen molar-refractivity contribution in [1.82, 2.24) is 0 Å². The van der Waals surface area contributed by atoms with Crippen molar-refractivity contribution in [1.29, 1.82) is 0 Å². The van der Waals surface area contributed by atoms with Gasteiger partial charge < -0.3 is 0 Å². The number of carbonyl (C=O) groups is 1. The molecule has 1 aliphatic carbocycles. The summed E-state index contributed by atoms with van der Waals surface area (Å²) in [4.78, 5) is 21.7. The Balaban J connectivity index is 2.28. The maximum atomic E-state index is 11.8.